The molecule has 19 heavy (non-hydrogen) atoms. The first kappa shape index (κ1) is 14.3. The van der Waals surface area contributed by atoms with Gasteiger partial charge in [0.1, 0.15) is 6.04 Å². The summed E-state index contributed by atoms with van der Waals surface area (Å²) in [4.78, 5) is 24.7. The van der Waals surface area contributed by atoms with Crippen molar-refractivity contribution in [1.29, 1.82) is 0 Å². The number of thioether (sulfide) groups is 2. The summed E-state index contributed by atoms with van der Waals surface area (Å²) >= 11 is 3.21. The molecule has 1 heterocycles. The largest absolute Gasteiger partial charge is 0.343 e. The standard InChI is InChI=1S/C13H16N2O2S2/c1-18-11-5-3-2-4-9(11)15-13(17)10-8-19-7-6-12(16)14-10/h2-5,10H,6-8H2,1H3,(H,14,16)(H,15,17)/t10-/m1/s1. The normalized spacial score (nSPS) is 19.4. The molecule has 0 aromatic heterocycles. The number of hydrogen-bond acceptors (Lipinski definition) is 4. The molecule has 0 saturated carbocycles. The molecular weight excluding hydrogens is 280 g/mol. The van der Waals surface area contributed by atoms with Gasteiger partial charge in [-0.3, -0.25) is 9.59 Å². The SMILES string of the molecule is CSc1ccccc1NC(=O)[C@H]1CSCCC(=O)N1. The van der Waals surface area contributed by atoms with Crippen molar-refractivity contribution in [2.75, 3.05) is 23.1 Å². The Bertz CT molecular complexity index is 479. The number of rotatable bonds is 3. The molecule has 4 nitrogen and oxygen atoms in total. The zero-order valence-corrected chi connectivity index (χ0v) is 12.3. The molecule has 1 fully saturated rings. The number of benzene rings is 1. The summed E-state index contributed by atoms with van der Waals surface area (Å²) in [5.41, 5.74) is 0.795. The van der Waals surface area contributed by atoms with E-state index >= 15 is 0 Å². The third-order valence-electron chi connectivity index (χ3n) is 2.77. The molecule has 1 aromatic rings. The van der Waals surface area contributed by atoms with Crippen molar-refractivity contribution < 1.29 is 9.59 Å². The minimum absolute atomic E-state index is 0.0525. The smallest absolute Gasteiger partial charge is 0.247 e. The molecule has 6 heteroatoms. The number of carbonyl (C=O) groups excluding carboxylic acids is 2. The average Bonchev–Trinajstić information content (AvgIpc) is 2.64. The van der Waals surface area contributed by atoms with Crippen LogP contribution < -0.4 is 10.6 Å². The highest BCUT2D eigenvalue weighted by molar-refractivity contribution is 7.99. The predicted octanol–water partition coefficient (Wildman–Crippen LogP) is 1.97. The number of anilines is 1. The van der Waals surface area contributed by atoms with Crippen molar-refractivity contribution >= 4 is 41.0 Å². The monoisotopic (exact) mass is 296 g/mol. The van der Waals surface area contributed by atoms with E-state index in [4.69, 9.17) is 0 Å². The summed E-state index contributed by atoms with van der Waals surface area (Å²) in [6, 6.07) is 7.20. The fraction of sp³-hybridized carbons (Fsp3) is 0.385. The van der Waals surface area contributed by atoms with Gasteiger partial charge < -0.3 is 10.6 Å². The van der Waals surface area contributed by atoms with Gasteiger partial charge in [-0.2, -0.15) is 11.8 Å². The highest BCUT2D eigenvalue weighted by Crippen LogP contribution is 2.25. The molecular formula is C13H16N2O2S2. The van der Waals surface area contributed by atoms with Crippen LogP contribution in [0.1, 0.15) is 6.42 Å². The quantitative estimate of drug-likeness (QED) is 0.837. The number of amides is 2. The summed E-state index contributed by atoms with van der Waals surface area (Å²) in [6.45, 7) is 0. The minimum Gasteiger partial charge on any atom is -0.343 e. The molecule has 0 spiro atoms. The topological polar surface area (TPSA) is 58.2 Å². The summed E-state index contributed by atoms with van der Waals surface area (Å²) in [5, 5.41) is 5.65. The minimum atomic E-state index is -0.449. The average molecular weight is 296 g/mol. The Morgan fingerprint density at radius 1 is 1.47 bits per heavy atom. The zero-order valence-electron chi connectivity index (χ0n) is 10.6. The van der Waals surface area contributed by atoms with Crippen LogP contribution in [0.5, 0.6) is 0 Å². The van der Waals surface area contributed by atoms with Crippen LogP contribution in [0.3, 0.4) is 0 Å². The summed E-state index contributed by atoms with van der Waals surface area (Å²) in [5.74, 6) is 1.20. The number of nitrogens with one attached hydrogen (secondary N) is 2. The Morgan fingerprint density at radius 2 is 2.26 bits per heavy atom. The third kappa shape index (κ3) is 3.91. The first-order valence-electron chi connectivity index (χ1n) is 6.01. The van der Waals surface area contributed by atoms with Crippen molar-refractivity contribution in [3.63, 3.8) is 0 Å². The molecule has 0 unspecified atom stereocenters. The zero-order chi connectivity index (χ0) is 13.7. The van der Waals surface area contributed by atoms with Gasteiger partial charge in [-0.05, 0) is 18.4 Å². The molecule has 0 radical (unpaired) electrons. The Kier molecular flexibility index (Phi) is 5.15. The molecule has 1 aromatic carbocycles. The lowest BCUT2D eigenvalue weighted by atomic mass is 10.2. The maximum absolute atomic E-state index is 12.2. The number of hydrogen-bond donors (Lipinski definition) is 2. The summed E-state index contributed by atoms with van der Waals surface area (Å²) < 4.78 is 0. The Labute approximate surface area is 121 Å². The molecule has 1 aliphatic rings. The lowest BCUT2D eigenvalue weighted by Crippen LogP contribution is -2.44. The van der Waals surface area contributed by atoms with Crippen molar-refractivity contribution in [3.8, 4) is 0 Å². The van der Waals surface area contributed by atoms with Gasteiger partial charge in [0.05, 0.1) is 5.69 Å². The maximum Gasteiger partial charge on any atom is 0.247 e. The Hall–Kier alpha value is -1.14. The third-order valence-corrected chi connectivity index (χ3v) is 4.63. The van der Waals surface area contributed by atoms with Gasteiger partial charge in [0, 0.05) is 22.8 Å². The van der Waals surface area contributed by atoms with E-state index in [-0.39, 0.29) is 11.8 Å². The molecule has 2 amide bonds. The van der Waals surface area contributed by atoms with Gasteiger partial charge in [-0.1, -0.05) is 12.1 Å². The highest BCUT2D eigenvalue weighted by Gasteiger charge is 2.23. The second-order valence-corrected chi connectivity index (χ2v) is 6.13. The molecule has 1 atom stereocenters. The van der Waals surface area contributed by atoms with Gasteiger partial charge in [0.25, 0.3) is 0 Å². The van der Waals surface area contributed by atoms with Crippen molar-refractivity contribution in [3.05, 3.63) is 24.3 Å². The van der Waals surface area contributed by atoms with Crippen LogP contribution in [0, 0.1) is 0 Å². The molecule has 2 N–H and O–H groups in total. The predicted molar refractivity (Wildman–Crippen MR) is 80.7 cm³/mol. The van der Waals surface area contributed by atoms with Crippen LogP contribution in [-0.2, 0) is 9.59 Å². The van der Waals surface area contributed by atoms with E-state index in [1.165, 1.54) is 0 Å². The molecule has 102 valence electrons. The molecule has 1 aliphatic heterocycles. The van der Waals surface area contributed by atoms with Gasteiger partial charge in [0.15, 0.2) is 0 Å². The van der Waals surface area contributed by atoms with E-state index < -0.39 is 6.04 Å². The fourth-order valence-corrected chi connectivity index (χ4v) is 3.30. The first-order chi connectivity index (χ1) is 9.20. The first-order valence-corrected chi connectivity index (χ1v) is 8.39. The second kappa shape index (κ2) is 6.86. The number of para-hydroxylation sites is 1. The second-order valence-electron chi connectivity index (χ2n) is 4.13. The van der Waals surface area contributed by atoms with Gasteiger partial charge in [0.2, 0.25) is 11.8 Å². The fourth-order valence-electron chi connectivity index (χ4n) is 1.78. The molecule has 1 saturated heterocycles. The van der Waals surface area contributed by atoms with Gasteiger partial charge >= 0.3 is 0 Å². The van der Waals surface area contributed by atoms with Crippen LogP contribution in [0.4, 0.5) is 5.69 Å². The van der Waals surface area contributed by atoms with E-state index in [9.17, 15) is 9.59 Å². The lowest BCUT2D eigenvalue weighted by molar-refractivity contribution is -0.125. The van der Waals surface area contributed by atoms with E-state index in [0.717, 1.165) is 16.3 Å². The van der Waals surface area contributed by atoms with E-state index in [1.54, 1.807) is 23.5 Å². The van der Waals surface area contributed by atoms with Crippen molar-refractivity contribution in [2.45, 2.75) is 17.4 Å². The number of carbonyl (C=O) groups is 2. The van der Waals surface area contributed by atoms with Crippen LogP contribution in [-0.4, -0.2) is 35.6 Å². The Morgan fingerprint density at radius 3 is 3.05 bits per heavy atom. The van der Waals surface area contributed by atoms with E-state index in [2.05, 4.69) is 10.6 Å². The van der Waals surface area contributed by atoms with Crippen molar-refractivity contribution in [1.82, 2.24) is 5.32 Å². The highest BCUT2D eigenvalue weighted by atomic mass is 32.2. The van der Waals surface area contributed by atoms with Gasteiger partial charge in [-0.15, -0.1) is 11.8 Å². The van der Waals surface area contributed by atoms with E-state index in [0.29, 0.717) is 12.2 Å². The molecule has 0 bridgehead atoms. The maximum atomic E-state index is 12.2. The van der Waals surface area contributed by atoms with Crippen LogP contribution in [0.25, 0.3) is 0 Å². The van der Waals surface area contributed by atoms with Gasteiger partial charge in [-0.25, -0.2) is 0 Å². The Balaban J connectivity index is 2.05. The van der Waals surface area contributed by atoms with Crippen LogP contribution >= 0.6 is 23.5 Å². The molecule has 2 rings (SSSR count). The lowest BCUT2D eigenvalue weighted by Gasteiger charge is -2.16. The van der Waals surface area contributed by atoms with Crippen LogP contribution in [0.15, 0.2) is 29.2 Å². The molecule has 0 aliphatic carbocycles. The van der Waals surface area contributed by atoms with E-state index in [1.807, 2.05) is 30.5 Å². The summed E-state index contributed by atoms with van der Waals surface area (Å²) in [6.07, 6.45) is 2.45. The summed E-state index contributed by atoms with van der Waals surface area (Å²) in [7, 11) is 0. The van der Waals surface area contributed by atoms with Crippen LogP contribution in [0.2, 0.25) is 0 Å². The van der Waals surface area contributed by atoms with Crippen molar-refractivity contribution in [2.24, 2.45) is 0 Å².